The molecule has 0 bridgehead atoms. The van der Waals surface area contributed by atoms with Crippen LogP contribution >= 0.6 is 0 Å². The number of carbonyl (C=O) groups excluding carboxylic acids is 3. The molecule has 26 heavy (non-hydrogen) atoms. The van der Waals surface area contributed by atoms with Gasteiger partial charge < -0.3 is 15.4 Å². The van der Waals surface area contributed by atoms with E-state index < -0.39 is 18.5 Å². The Balaban J connectivity index is 1.94. The highest BCUT2D eigenvalue weighted by Crippen LogP contribution is 2.15. The molecule has 1 aromatic heterocycles. The van der Waals surface area contributed by atoms with Crippen molar-refractivity contribution in [1.29, 1.82) is 0 Å². The van der Waals surface area contributed by atoms with E-state index >= 15 is 0 Å². The third-order valence-electron chi connectivity index (χ3n) is 3.37. The number of carbonyl (C=O) groups is 3. The summed E-state index contributed by atoms with van der Waals surface area (Å²) in [5, 5.41) is 5.40. The molecule has 0 fully saturated rings. The minimum Gasteiger partial charge on any atom is -0.452 e. The number of esters is 1. The van der Waals surface area contributed by atoms with Gasteiger partial charge in [0, 0.05) is 18.9 Å². The van der Waals surface area contributed by atoms with Crippen molar-refractivity contribution in [1.82, 2.24) is 10.3 Å². The minimum atomic E-state index is -0.620. The number of hydrogen-bond donors (Lipinski definition) is 2. The van der Waals surface area contributed by atoms with Crippen LogP contribution in [0.4, 0.5) is 5.69 Å². The molecule has 0 saturated heterocycles. The number of pyridine rings is 1. The summed E-state index contributed by atoms with van der Waals surface area (Å²) in [7, 11) is 0. The molecule has 7 nitrogen and oxygen atoms in total. The lowest BCUT2D eigenvalue weighted by Gasteiger charge is -2.12. The molecule has 0 radical (unpaired) electrons. The highest BCUT2D eigenvalue weighted by molar-refractivity contribution is 6.04. The van der Waals surface area contributed by atoms with E-state index in [1.54, 1.807) is 24.3 Å². The fourth-order valence-electron chi connectivity index (χ4n) is 2.07. The first-order valence-electron chi connectivity index (χ1n) is 8.21. The third-order valence-corrected chi connectivity index (χ3v) is 3.37. The zero-order valence-electron chi connectivity index (χ0n) is 14.7. The van der Waals surface area contributed by atoms with Crippen molar-refractivity contribution >= 4 is 23.5 Å². The number of anilines is 1. The molecule has 1 heterocycles. The Kier molecular flexibility index (Phi) is 6.84. The monoisotopic (exact) mass is 355 g/mol. The number of rotatable bonds is 7. The van der Waals surface area contributed by atoms with Crippen LogP contribution in [-0.2, 0) is 9.53 Å². The highest BCUT2D eigenvalue weighted by Gasteiger charge is 2.15. The maximum atomic E-state index is 12.2. The van der Waals surface area contributed by atoms with Crippen molar-refractivity contribution in [2.45, 2.75) is 13.8 Å². The van der Waals surface area contributed by atoms with E-state index in [2.05, 4.69) is 15.6 Å². The van der Waals surface area contributed by atoms with Crippen LogP contribution in [-0.4, -0.2) is 35.9 Å². The van der Waals surface area contributed by atoms with Gasteiger partial charge in [-0.25, -0.2) is 4.79 Å². The minimum absolute atomic E-state index is 0.275. The smallest absolute Gasteiger partial charge is 0.338 e. The number of nitrogens with one attached hydrogen (secondary N) is 2. The van der Waals surface area contributed by atoms with Crippen molar-refractivity contribution in [2.75, 3.05) is 18.5 Å². The van der Waals surface area contributed by atoms with Crippen LogP contribution in [0.2, 0.25) is 0 Å². The van der Waals surface area contributed by atoms with Gasteiger partial charge in [-0.1, -0.05) is 26.0 Å². The molecular weight excluding hydrogens is 334 g/mol. The van der Waals surface area contributed by atoms with E-state index in [0.717, 1.165) is 0 Å². The van der Waals surface area contributed by atoms with Crippen molar-refractivity contribution in [3.63, 3.8) is 0 Å². The second kappa shape index (κ2) is 9.31. The third kappa shape index (κ3) is 5.70. The number of ether oxygens (including phenoxy) is 1. The average molecular weight is 355 g/mol. The van der Waals surface area contributed by atoms with Crippen molar-refractivity contribution in [2.24, 2.45) is 5.92 Å². The summed E-state index contributed by atoms with van der Waals surface area (Å²) in [6, 6.07) is 9.64. The number of hydrogen-bond acceptors (Lipinski definition) is 5. The predicted molar refractivity (Wildman–Crippen MR) is 96.8 cm³/mol. The molecule has 0 saturated carbocycles. The lowest BCUT2D eigenvalue weighted by Crippen LogP contribution is -2.29. The maximum Gasteiger partial charge on any atom is 0.338 e. The molecule has 0 aliphatic rings. The Labute approximate surface area is 151 Å². The van der Waals surface area contributed by atoms with Crippen LogP contribution in [0.1, 0.15) is 34.6 Å². The van der Waals surface area contributed by atoms with Gasteiger partial charge in [0.25, 0.3) is 11.8 Å². The molecule has 0 spiro atoms. The number of amides is 2. The first kappa shape index (κ1) is 19.1. The molecule has 2 rings (SSSR count). The maximum absolute atomic E-state index is 12.2. The van der Waals surface area contributed by atoms with Crippen LogP contribution in [0, 0.1) is 5.92 Å². The summed E-state index contributed by atoms with van der Waals surface area (Å²) in [6.07, 6.45) is 2.92. The topological polar surface area (TPSA) is 97.4 Å². The molecule has 0 aliphatic heterocycles. The molecule has 0 aliphatic carbocycles. The van der Waals surface area contributed by atoms with E-state index in [9.17, 15) is 14.4 Å². The Hall–Kier alpha value is -3.22. The molecule has 7 heteroatoms. The predicted octanol–water partition coefficient (Wildman–Crippen LogP) is 2.26. The molecule has 2 amide bonds. The standard InChI is InChI=1S/C19H21N3O4/c1-13(2)11-21-18(24)15-5-3-4-6-16(15)22-17(23)12-26-19(25)14-7-9-20-10-8-14/h3-10,13H,11-12H2,1-2H3,(H,21,24)(H,22,23). The van der Waals surface area contributed by atoms with E-state index in [1.165, 1.54) is 24.5 Å². The Morgan fingerprint density at radius 2 is 1.77 bits per heavy atom. The van der Waals surface area contributed by atoms with Crippen molar-refractivity contribution < 1.29 is 19.1 Å². The molecule has 0 unspecified atom stereocenters. The fraction of sp³-hybridized carbons (Fsp3) is 0.263. The van der Waals surface area contributed by atoms with Crippen molar-refractivity contribution in [3.8, 4) is 0 Å². The summed E-state index contributed by atoms with van der Waals surface area (Å²) in [5.41, 5.74) is 1.02. The molecule has 1 aromatic carbocycles. The first-order chi connectivity index (χ1) is 12.5. The number of aromatic nitrogens is 1. The number of nitrogens with zero attached hydrogens (tertiary/aromatic N) is 1. The molecular formula is C19H21N3O4. The van der Waals surface area contributed by atoms with Crippen LogP contribution < -0.4 is 10.6 Å². The lowest BCUT2D eigenvalue weighted by molar-refractivity contribution is -0.119. The lowest BCUT2D eigenvalue weighted by atomic mass is 10.1. The van der Waals surface area contributed by atoms with E-state index in [0.29, 0.717) is 29.3 Å². The van der Waals surface area contributed by atoms with Gasteiger partial charge in [-0.05, 0) is 30.2 Å². The van der Waals surface area contributed by atoms with E-state index in [4.69, 9.17) is 4.74 Å². The fourth-order valence-corrected chi connectivity index (χ4v) is 2.07. The number of benzene rings is 1. The highest BCUT2D eigenvalue weighted by atomic mass is 16.5. The van der Waals surface area contributed by atoms with Gasteiger partial charge in [0.1, 0.15) is 0 Å². The van der Waals surface area contributed by atoms with Crippen LogP contribution in [0.15, 0.2) is 48.8 Å². The van der Waals surface area contributed by atoms with Crippen molar-refractivity contribution in [3.05, 3.63) is 59.9 Å². The summed E-state index contributed by atoms with van der Waals surface area (Å²) >= 11 is 0. The first-order valence-corrected chi connectivity index (χ1v) is 8.21. The molecule has 2 aromatic rings. The molecule has 136 valence electrons. The van der Waals surface area contributed by atoms with E-state index in [-0.39, 0.29) is 5.91 Å². The molecule has 2 N–H and O–H groups in total. The van der Waals surface area contributed by atoms with Gasteiger partial charge in [0.05, 0.1) is 16.8 Å². The number of para-hydroxylation sites is 1. The zero-order valence-corrected chi connectivity index (χ0v) is 14.7. The summed E-state index contributed by atoms with van der Waals surface area (Å²) in [6.45, 7) is 4.06. The summed E-state index contributed by atoms with van der Waals surface area (Å²) < 4.78 is 4.96. The van der Waals surface area contributed by atoms with Gasteiger partial charge in [-0.3, -0.25) is 14.6 Å². The summed E-state index contributed by atoms with van der Waals surface area (Å²) in [5.74, 6) is -1.11. The van der Waals surface area contributed by atoms with E-state index in [1.807, 2.05) is 13.8 Å². The molecule has 0 atom stereocenters. The second-order valence-electron chi connectivity index (χ2n) is 6.01. The van der Waals surface area contributed by atoms with Gasteiger partial charge in [0.2, 0.25) is 0 Å². The zero-order chi connectivity index (χ0) is 18.9. The normalized spacial score (nSPS) is 10.3. The van der Waals surface area contributed by atoms with Gasteiger partial charge in [-0.2, -0.15) is 0 Å². The van der Waals surface area contributed by atoms with Crippen LogP contribution in [0.5, 0.6) is 0 Å². The average Bonchev–Trinajstić information content (AvgIpc) is 2.65. The summed E-state index contributed by atoms with van der Waals surface area (Å²) in [4.78, 5) is 39.9. The SMILES string of the molecule is CC(C)CNC(=O)c1ccccc1NC(=O)COC(=O)c1ccncc1. The Morgan fingerprint density at radius 3 is 2.46 bits per heavy atom. The Morgan fingerprint density at radius 1 is 1.08 bits per heavy atom. The Bertz CT molecular complexity index is 775. The largest absolute Gasteiger partial charge is 0.452 e. The van der Waals surface area contributed by atoms with Gasteiger partial charge in [-0.15, -0.1) is 0 Å². The van der Waals surface area contributed by atoms with Gasteiger partial charge in [0.15, 0.2) is 6.61 Å². The quantitative estimate of drug-likeness (QED) is 0.743. The van der Waals surface area contributed by atoms with Crippen LogP contribution in [0.3, 0.4) is 0 Å². The van der Waals surface area contributed by atoms with Gasteiger partial charge >= 0.3 is 5.97 Å². The second-order valence-corrected chi connectivity index (χ2v) is 6.01. The van der Waals surface area contributed by atoms with Crippen LogP contribution in [0.25, 0.3) is 0 Å².